The highest BCUT2D eigenvalue weighted by Gasteiger charge is 2.25. The molecule has 7 heteroatoms. The van der Waals surface area contributed by atoms with Gasteiger partial charge in [-0.1, -0.05) is 11.8 Å². The lowest BCUT2D eigenvalue weighted by atomic mass is 10.2. The lowest BCUT2D eigenvalue weighted by Gasteiger charge is -2.20. The van der Waals surface area contributed by atoms with E-state index in [0.29, 0.717) is 6.42 Å². The van der Waals surface area contributed by atoms with Crippen molar-refractivity contribution in [3.8, 4) is 6.07 Å². The van der Waals surface area contributed by atoms with Crippen LogP contribution in [0.1, 0.15) is 38.5 Å². The summed E-state index contributed by atoms with van der Waals surface area (Å²) >= 11 is 1.71. The SMILES string of the molecule is N#CCCCSc1nnc(N2CCCC2)n1CC1CCCO1. The number of nitrogens with zero attached hydrogens (tertiary/aromatic N) is 5. The first-order chi connectivity index (χ1) is 10.9. The monoisotopic (exact) mass is 321 g/mol. The molecule has 0 spiro atoms. The van der Waals surface area contributed by atoms with Crippen LogP contribution in [-0.2, 0) is 11.3 Å². The van der Waals surface area contributed by atoms with Gasteiger partial charge >= 0.3 is 0 Å². The third-order valence-electron chi connectivity index (χ3n) is 4.16. The average molecular weight is 321 g/mol. The van der Waals surface area contributed by atoms with Gasteiger partial charge in [-0.25, -0.2) is 0 Å². The lowest BCUT2D eigenvalue weighted by Crippen LogP contribution is -2.25. The molecule has 0 radical (unpaired) electrons. The molecule has 1 atom stereocenters. The number of anilines is 1. The molecule has 2 aliphatic heterocycles. The molecule has 0 saturated carbocycles. The van der Waals surface area contributed by atoms with Crippen LogP contribution >= 0.6 is 11.8 Å². The standard InChI is InChI=1S/C15H23N5OS/c16-7-1-4-11-22-15-18-17-14(19-8-2-3-9-19)20(15)12-13-6-5-10-21-13/h13H,1-6,8-12H2. The first-order valence-corrected chi connectivity index (χ1v) is 9.16. The third kappa shape index (κ3) is 3.73. The van der Waals surface area contributed by atoms with Gasteiger partial charge in [0.05, 0.1) is 18.7 Å². The van der Waals surface area contributed by atoms with Crippen LogP contribution in [0.5, 0.6) is 0 Å². The number of rotatable bonds is 7. The summed E-state index contributed by atoms with van der Waals surface area (Å²) in [4.78, 5) is 2.33. The molecule has 120 valence electrons. The van der Waals surface area contributed by atoms with Gasteiger partial charge in [-0.2, -0.15) is 5.26 Å². The highest BCUT2D eigenvalue weighted by molar-refractivity contribution is 7.99. The number of ether oxygens (including phenoxy) is 1. The van der Waals surface area contributed by atoms with Crippen LogP contribution in [0.15, 0.2) is 5.16 Å². The fourth-order valence-electron chi connectivity index (χ4n) is 3.01. The highest BCUT2D eigenvalue weighted by atomic mass is 32.2. The van der Waals surface area contributed by atoms with E-state index < -0.39 is 0 Å². The normalized spacial score (nSPS) is 21.4. The van der Waals surface area contributed by atoms with Gasteiger partial charge in [0.15, 0.2) is 5.16 Å². The molecule has 22 heavy (non-hydrogen) atoms. The van der Waals surface area contributed by atoms with Gasteiger partial charge in [-0.15, -0.1) is 10.2 Å². The molecule has 0 N–H and O–H groups in total. The maximum Gasteiger partial charge on any atom is 0.228 e. The zero-order valence-corrected chi connectivity index (χ0v) is 13.7. The molecule has 0 aliphatic carbocycles. The summed E-state index contributed by atoms with van der Waals surface area (Å²) in [7, 11) is 0. The van der Waals surface area contributed by atoms with E-state index in [1.165, 1.54) is 12.8 Å². The maximum absolute atomic E-state index is 8.64. The molecular formula is C15H23N5OS. The van der Waals surface area contributed by atoms with Crippen molar-refractivity contribution in [1.82, 2.24) is 14.8 Å². The van der Waals surface area contributed by atoms with Gasteiger partial charge in [-0.05, 0) is 32.1 Å². The molecule has 0 aromatic carbocycles. The second-order valence-electron chi connectivity index (χ2n) is 5.83. The van der Waals surface area contributed by atoms with Crippen molar-refractivity contribution in [3.05, 3.63) is 0 Å². The number of nitriles is 1. The Labute approximate surface area is 135 Å². The molecule has 0 amide bonds. The number of hydrogen-bond donors (Lipinski definition) is 0. The largest absolute Gasteiger partial charge is 0.376 e. The summed E-state index contributed by atoms with van der Waals surface area (Å²) in [5, 5.41) is 18.4. The Hall–Kier alpha value is -1.26. The minimum absolute atomic E-state index is 0.288. The Bertz CT molecular complexity index is 514. The number of thioether (sulfide) groups is 1. The Kier molecular flexibility index (Phi) is 5.57. The molecule has 6 nitrogen and oxygen atoms in total. The van der Waals surface area contributed by atoms with Gasteiger partial charge in [0, 0.05) is 31.9 Å². The first-order valence-electron chi connectivity index (χ1n) is 8.18. The van der Waals surface area contributed by atoms with Crippen molar-refractivity contribution < 1.29 is 4.74 Å². The molecule has 3 rings (SSSR count). The van der Waals surface area contributed by atoms with Crippen molar-refractivity contribution >= 4 is 17.7 Å². The summed E-state index contributed by atoms with van der Waals surface area (Å²) in [6.07, 6.45) is 6.52. The lowest BCUT2D eigenvalue weighted by molar-refractivity contribution is 0.0952. The van der Waals surface area contributed by atoms with E-state index in [-0.39, 0.29) is 6.10 Å². The van der Waals surface area contributed by atoms with Gasteiger partial charge < -0.3 is 9.64 Å². The molecule has 2 fully saturated rings. The van der Waals surface area contributed by atoms with E-state index in [1.807, 2.05) is 0 Å². The molecule has 2 aliphatic rings. The Morgan fingerprint density at radius 1 is 1.27 bits per heavy atom. The third-order valence-corrected chi connectivity index (χ3v) is 5.21. The smallest absolute Gasteiger partial charge is 0.228 e. The van der Waals surface area contributed by atoms with Crippen LogP contribution in [0.4, 0.5) is 5.95 Å². The van der Waals surface area contributed by atoms with Gasteiger partial charge in [0.25, 0.3) is 0 Å². The van der Waals surface area contributed by atoms with Gasteiger partial charge in [0.2, 0.25) is 5.95 Å². The molecule has 3 heterocycles. The van der Waals surface area contributed by atoms with E-state index >= 15 is 0 Å². The fourth-order valence-corrected chi connectivity index (χ4v) is 3.89. The summed E-state index contributed by atoms with van der Waals surface area (Å²) < 4.78 is 8.03. The number of hydrogen-bond acceptors (Lipinski definition) is 6. The summed E-state index contributed by atoms with van der Waals surface area (Å²) in [6, 6.07) is 2.19. The van der Waals surface area contributed by atoms with Crippen LogP contribution in [0, 0.1) is 11.3 Å². The van der Waals surface area contributed by atoms with Crippen molar-refractivity contribution in [2.45, 2.75) is 56.3 Å². The Balaban J connectivity index is 1.71. The predicted octanol–water partition coefficient (Wildman–Crippen LogP) is 2.45. The molecule has 1 unspecified atom stereocenters. The van der Waals surface area contributed by atoms with Crippen molar-refractivity contribution in [2.24, 2.45) is 0 Å². The quantitative estimate of drug-likeness (QED) is 0.568. The molecule has 0 bridgehead atoms. The highest BCUT2D eigenvalue weighted by Crippen LogP contribution is 2.27. The molecular weight excluding hydrogens is 298 g/mol. The summed E-state index contributed by atoms with van der Waals surface area (Å²) in [5.74, 6) is 1.91. The molecule has 1 aromatic rings. The van der Waals surface area contributed by atoms with E-state index in [4.69, 9.17) is 10.00 Å². The van der Waals surface area contributed by atoms with E-state index in [1.54, 1.807) is 11.8 Å². The van der Waals surface area contributed by atoms with Gasteiger partial charge in [0.1, 0.15) is 0 Å². The maximum atomic E-state index is 8.64. The fraction of sp³-hybridized carbons (Fsp3) is 0.800. The van der Waals surface area contributed by atoms with Crippen LogP contribution in [-0.4, -0.2) is 46.3 Å². The van der Waals surface area contributed by atoms with E-state index in [9.17, 15) is 0 Å². The summed E-state index contributed by atoms with van der Waals surface area (Å²) in [5.41, 5.74) is 0. The second-order valence-corrected chi connectivity index (χ2v) is 6.89. The predicted molar refractivity (Wildman–Crippen MR) is 86.0 cm³/mol. The van der Waals surface area contributed by atoms with Crippen molar-refractivity contribution in [2.75, 3.05) is 30.3 Å². The zero-order valence-electron chi connectivity index (χ0n) is 12.9. The second kappa shape index (κ2) is 7.84. The number of unbranched alkanes of at least 4 members (excludes halogenated alkanes) is 1. The van der Waals surface area contributed by atoms with Crippen molar-refractivity contribution in [3.63, 3.8) is 0 Å². The number of aromatic nitrogens is 3. The van der Waals surface area contributed by atoms with Crippen LogP contribution < -0.4 is 4.90 Å². The summed E-state index contributed by atoms with van der Waals surface area (Å²) in [6.45, 7) is 3.86. The minimum Gasteiger partial charge on any atom is -0.376 e. The van der Waals surface area contributed by atoms with Crippen LogP contribution in [0.3, 0.4) is 0 Å². The van der Waals surface area contributed by atoms with Crippen LogP contribution in [0.25, 0.3) is 0 Å². The average Bonchev–Trinajstić information content (AvgIpc) is 3.26. The molecule has 2 saturated heterocycles. The Morgan fingerprint density at radius 3 is 2.86 bits per heavy atom. The molecule has 1 aromatic heterocycles. The van der Waals surface area contributed by atoms with E-state index in [0.717, 1.165) is 62.4 Å². The van der Waals surface area contributed by atoms with Crippen molar-refractivity contribution in [1.29, 1.82) is 5.26 Å². The zero-order chi connectivity index (χ0) is 15.2. The van der Waals surface area contributed by atoms with Crippen LogP contribution in [0.2, 0.25) is 0 Å². The first kappa shape index (κ1) is 15.6. The topological polar surface area (TPSA) is 67.0 Å². The van der Waals surface area contributed by atoms with Gasteiger partial charge in [-0.3, -0.25) is 4.57 Å². The van der Waals surface area contributed by atoms with E-state index in [2.05, 4.69) is 25.7 Å². The Morgan fingerprint density at radius 2 is 2.14 bits per heavy atom. The minimum atomic E-state index is 0.288.